The Bertz CT molecular complexity index is 480. The van der Waals surface area contributed by atoms with E-state index in [1.54, 1.807) is 25.1 Å². The van der Waals surface area contributed by atoms with E-state index in [2.05, 4.69) is 15.9 Å². The van der Waals surface area contributed by atoms with Crippen molar-refractivity contribution < 1.29 is 14.7 Å². The van der Waals surface area contributed by atoms with Crippen molar-refractivity contribution in [2.45, 2.75) is 19.4 Å². The Kier molecular flexibility index (Phi) is 4.76. The van der Waals surface area contributed by atoms with E-state index in [0.29, 0.717) is 17.0 Å². The van der Waals surface area contributed by atoms with Crippen molar-refractivity contribution in [1.29, 1.82) is 0 Å². The number of carboxylic acid groups (broad SMARTS) is 1. The monoisotopic (exact) mass is 333 g/mol. The lowest BCUT2D eigenvalue weighted by atomic mass is 9.90. The fraction of sp³-hybridized carbons (Fsp3) is 0.333. The Morgan fingerprint density at radius 3 is 2.61 bits per heavy atom. The molecule has 0 heterocycles. The van der Waals surface area contributed by atoms with Crippen molar-refractivity contribution in [2.75, 3.05) is 6.54 Å². The number of hydrogen-bond donors (Lipinski definition) is 1. The van der Waals surface area contributed by atoms with Crippen molar-refractivity contribution in [3.8, 4) is 0 Å². The smallest absolute Gasteiger partial charge is 0.334 e. The van der Waals surface area contributed by atoms with Gasteiger partial charge in [-0.2, -0.15) is 0 Å². The number of rotatable bonds is 5. The standard InChI is InChI=1S/C12H13BrClNO3/c1-3-15(7-16)12(2,11(17)18)9-5-4-8(13)6-10(9)14/h4-7H,3H2,1-2H3,(H,17,18). The maximum Gasteiger partial charge on any atom is 0.334 e. The summed E-state index contributed by atoms with van der Waals surface area (Å²) < 4.78 is 0.748. The van der Waals surface area contributed by atoms with Crippen LogP contribution >= 0.6 is 27.5 Å². The molecule has 1 aromatic carbocycles. The van der Waals surface area contributed by atoms with Crippen LogP contribution in [0.5, 0.6) is 0 Å². The van der Waals surface area contributed by atoms with Gasteiger partial charge >= 0.3 is 5.97 Å². The minimum atomic E-state index is -1.48. The van der Waals surface area contributed by atoms with Crippen molar-refractivity contribution in [1.82, 2.24) is 4.90 Å². The molecule has 0 aromatic heterocycles. The fourth-order valence-corrected chi connectivity index (χ4v) is 2.63. The SMILES string of the molecule is CCN(C=O)C(C)(C(=O)O)c1ccc(Br)cc1Cl. The van der Waals surface area contributed by atoms with E-state index >= 15 is 0 Å². The van der Waals surface area contributed by atoms with E-state index in [4.69, 9.17) is 11.6 Å². The number of carboxylic acids is 1. The number of nitrogens with zero attached hydrogens (tertiary/aromatic N) is 1. The Labute approximate surface area is 119 Å². The molecule has 0 aliphatic rings. The molecule has 0 radical (unpaired) electrons. The molecule has 1 atom stereocenters. The highest BCUT2D eigenvalue weighted by atomic mass is 79.9. The first-order valence-electron chi connectivity index (χ1n) is 5.28. The summed E-state index contributed by atoms with van der Waals surface area (Å²) in [5.41, 5.74) is -1.09. The number of carbonyl (C=O) groups is 2. The Hall–Kier alpha value is -1.07. The summed E-state index contributed by atoms with van der Waals surface area (Å²) in [5.74, 6) is -1.12. The van der Waals surface area contributed by atoms with Crippen LogP contribution in [0.25, 0.3) is 0 Å². The normalized spacial score (nSPS) is 13.8. The van der Waals surface area contributed by atoms with Crippen LogP contribution in [0.4, 0.5) is 0 Å². The molecule has 1 N–H and O–H groups in total. The summed E-state index contributed by atoms with van der Waals surface area (Å²) in [6.45, 7) is 3.45. The first-order valence-corrected chi connectivity index (χ1v) is 6.46. The van der Waals surface area contributed by atoms with Gasteiger partial charge in [0.15, 0.2) is 5.54 Å². The predicted molar refractivity (Wildman–Crippen MR) is 72.6 cm³/mol. The van der Waals surface area contributed by atoms with Crippen LogP contribution < -0.4 is 0 Å². The molecule has 18 heavy (non-hydrogen) atoms. The molecule has 0 bridgehead atoms. The van der Waals surface area contributed by atoms with Crippen LogP contribution in [0.1, 0.15) is 19.4 Å². The van der Waals surface area contributed by atoms with Gasteiger partial charge in [-0.15, -0.1) is 0 Å². The second-order valence-corrected chi connectivity index (χ2v) is 5.22. The number of benzene rings is 1. The third kappa shape index (κ3) is 2.52. The van der Waals surface area contributed by atoms with Crippen LogP contribution in [0.2, 0.25) is 5.02 Å². The average molecular weight is 335 g/mol. The maximum atomic E-state index is 11.5. The molecule has 0 aliphatic carbocycles. The molecule has 0 aliphatic heterocycles. The zero-order valence-corrected chi connectivity index (χ0v) is 12.3. The van der Waals surface area contributed by atoms with Gasteiger partial charge in [0.1, 0.15) is 0 Å². The van der Waals surface area contributed by atoms with Crippen LogP contribution in [0.15, 0.2) is 22.7 Å². The molecule has 1 unspecified atom stereocenters. The van der Waals surface area contributed by atoms with Crippen molar-refractivity contribution >= 4 is 39.9 Å². The van der Waals surface area contributed by atoms with E-state index in [1.807, 2.05) is 0 Å². The third-order valence-corrected chi connectivity index (χ3v) is 3.72. The fourth-order valence-electron chi connectivity index (χ4n) is 1.77. The van der Waals surface area contributed by atoms with Gasteiger partial charge in [-0.1, -0.05) is 33.6 Å². The average Bonchev–Trinajstić information content (AvgIpc) is 2.29. The molecule has 1 rings (SSSR count). The molecule has 0 spiro atoms. The summed E-state index contributed by atoms with van der Waals surface area (Å²) in [6, 6.07) is 4.91. The topological polar surface area (TPSA) is 57.6 Å². The molecule has 1 aromatic rings. The lowest BCUT2D eigenvalue weighted by molar-refractivity contribution is -0.154. The lowest BCUT2D eigenvalue weighted by Gasteiger charge is -2.35. The Balaban J connectivity index is 3.44. The molecular formula is C12H13BrClNO3. The second kappa shape index (κ2) is 5.71. The summed E-state index contributed by atoms with van der Waals surface area (Å²) >= 11 is 9.34. The van der Waals surface area contributed by atoms with Gasteiger partial charge in [-0.05, 0) is 26.0 Å². The molecule has 0 saturated heterocycles. The number of hydrogen-bond acceptors (Lipinski definition) is 2. The zero-order chi connectivity index (χ0) is 13.9. The summed E-state index contributed by atoms with van der Waals surface area (Å²) in [6.07, 6.45) is 0.520. The van der Waals surface area contributed by atoms with E-state index in [0.717, 1.165) is 4.47 Å². The van der Waals surface area contributed by atoms with E-state index in [1.165, 1.54) is 11.8 Å². The minimum Gasteiger partial charge on any atom is -0.479 e. The van der Waals surface area contributed by atoms with Gasteiger partial charge in [0.05, 0.1) is 0 Å². The Morgan fingerprint density at radius 2 is 2.22 bits per heavy atom. The van der Waals surface area contributed by atoms with Crippen LogP contribution in [0, 0.1) is 0 Å². The molecule has 0 fully saturated rings. The third-order valence-electron chi connectivity index (χ3n) is 2.91. The van der Waals surface area contributed by atoms with Crippen molar-refractivity contribution in [3.63, 3.8) is 0 Å². The molecule has 1 amide bonds. The number of aliphatic carboxylic acids is 1. The van der Waals surface area contributed by atoms with Gasteiger partial charge in [0.25, 0.3) is 0 Å². The van der Waals surface area contributed by atoms with E-state index in [-0.39, 0.29) is 6.54 Å². The number of likely N-dealkylation sites (N-methyl/N-ethyl adjacent to an activating group) is 1. The van der Waals surface area contributed by atoms with Gasteiger partial charge in [-0.3, -0.25) is 4.79 Å². The highest BCUT2D eigenvalue weighted by Gasteiger charge is 2.41. The first-order chi connectivity index (χ1) is 8.37. The quantitative estimate of drug-likeness (QED) is 0.842. The maximum absolute atomic E-state index is 11.5. The lowest BCUT2D eigenvalue weighted by Crippen LogP contribution is -2.49. The summed E-state index contributed by atoms with van der Waals surface area (Å²) in [5, 5.41) is 9.74. The first kappa shape index (κ1) is 15.0. The van der Waals surface area contributed by atoms with Crippen LogP contribution in [-0.2, 0) is 15.1 Å². The highest BCUT2D eigenvalue weighted by Crippen LogP contribution is 2.34. The molecule has 6 heteroatoms. The van der Waals surface area contributed by atoms with Gasteiger partial charge in [0, 0.05) is 21.6 Å². The summed E-state index contributed by atoms with van der Waals surface area (Å²) in [7, 11) is 0. The molecular weight excluding hydrogens is 321 g/mol. The summed E-state index contributed by atoms with van der Waals surface area (Å²) in [4.78, 5) is 23.8. The zero-order valence-electron chi connectivity index (χ0n) is 9.98. The number of halogens is 2. The van der Waals surface area contributed by atoms with Gasteiger partial charge < -0.3 is 10.0 Å². The van der Waals surface area contributed by atoms with Crippen molar-refractivity contribution in [3.05, 3.63) is 33.3 Å². The second-order valence-electron chi connectivity index (χ2n) is 3.89. The molecule has 98 valence electrons. The Morgan fingerprint density at radius 1 is 1.61 bits per heavy atom. The highest BCUT2D eigenvalue weighted by molar-refractivity contribution is 9.10. The van der Waals surface area contributed by atoms with Crippen LogP contribution in [-0.4, -0.2) is 28.9 Å². The van der Waals surface area contributed by atoms with Gasteiger partial charge in [0.2, 0.25) is 6.41 Å². The van der Waals surface area contributed by atoms with E-state index < -0.39 is 11.5 Å². The van der Waals surface area contributed by atoms with E-state index in [9.17, 15) is 14.7 Å². The predicted octanol–water partition coefficient (Wildman–Crippen LogP) is 2.88. The molecule has 0 saturated carbocycles. The van der Waals surface area contributed by atoms with Crippen molar-refractivity contribution in [2.24, 2.45) is 0 Å². The number of carbonyl (C=O) groups excluding carboxylic acids is 1. The number of amides is 1. The van der Waals surface area contributed by atoms with Gasteiger partial charge in [-0.25, -0.2) is 4.79 Å². The largest absolute Gasteiger partial charge is 0.479 e. The minimum absolute atomic E-state index is 0.276. The van der Waals surface area contributed by atoms with Crippen LogP contribution in [0.3, 0.4) is 0 Å². The molecule has 4 nitrogen and oxygen atoms in total.